The zero-order chi connectivity index (χ0) is 22.7. The lowest BCUT2D eigenvalue weighted by Gasteiger charge is -2.42. The van der Waals surface area contributed by atoms with Crippen molar-refractivity contribution in [3.05, 3.63) is 59.7 Å². The van der Waals surface area contributed by atoms with Crippen LogP contribution in [0.1, 0.15) is 24.0 Å². The molecule has 5 nitrogen and oxygen atoms in total. The van der Waals surface area contributed by atoms with E-state index in [4.69, 9.17) is 3.63 Å². The van der Waals surface area contributed by atoms with Crippen molar-refractivity contribution < 1.29 is 13.2 Å². The van der Waals surface area contributed by atoms with E-state index in [2.05, 4.69) is 35.0 Å². The number of benzene rings is 2. The minimum absolute atomic E-state index is 0.705. The molecule has 0 N–H and O–H groups in total. The van der Waals surface area contributed by atoms with Crippen molar-refractivity contribution in [3.63, 3.8) is 0 Å². The summed E-state index contributed by atoms with van der Waals surface area (Å²) < 4.78 is 6.65. The van der Waals surface area contributed by atoms with Crippen LogP contribution >= 0.6 is 20.6 Å². The molecule has 0 saturated carbocycles. The van der Waals surface area contributed by atoms with Crippen molar-refractivity contribution in [2.45, 2.75) is 25.7 Å². The summed E-state index contributed by atoms with van der Waals surface area (Å²) in [5, 5.41) is 0. The summed E-state index contributed by atoms with van der Waals surface area (Å²) in [6.07, 6.45) is 15.9. The lowest BCUT2D eigenvalue weighted by atomic mass is 10.1. The molecule has 168 valence electrons. The number of rotatable bonds is 12. The van der Waals surface area contributed by atoms with E-state index in [1.165, 1.54) is 0 Å². The van der Waals surface area contributed by atoms with E-state index in [0.717, 1.165) is 48.3 Å². The molecule has 0 aliphatic rings. The first-order chi connectivity index (χ1) is 14.8. The van der Waals surface area contributed by atoms with Crippen molar-refractivity contribution in [2.75, 3.05) is 36.5 Å². The summed E-state index contributed by atoms with van der Waals surface area (Å²) in [5.41, 5.74) is 3.56. The minimum Gasteiger partial charge on any atom is -0.291 e. The molecule has 0 atom stereocenters. The number of hydrogen-bond donors (Lipinski definition) is 0. The molecule has 0 fully saturated rings. The van der Waals surface area contributed by atoms with E-state index in [9.17, 15) is 9.59 Å². The molecule has 0 aromatic heterocycles. The first kappa shape index (κ1) is 25.1. The minimum atomic E-state index is -1.19. The third-order valence-corrected chi connectivity index (χ3v) is 10.3. The Balaban J connectivity index is 1.86. The highest BCUT2D eigenvalue weighted by Gasteiger charge is 2.22. The Labute approximate surface area is 189 Å². The highest BCUT2D eigenvalue weighted by molar-refractivity contribution is 8.40. The van der Waals surface area contributed by atoms with Gasteiger partial charge < -0.3 is 0 Å². The van der Waals surface area contributed by atoms with Gasteiger partial charge in [-0.1, -0.05) is 36.4 Å². The van der Waals surface area contributed by atoms with Crippen LogP contribution < -0.4 is 0 Å². The molecule has 0 spiro atoms. The van der Waals surface area contributed by atoms with Crippen LogP contribution in [-0.4, -0.2) is 48.7 Å². The van der Waals surface area contributed by atoms with Crippen LogP contribution in [0.25, 0.3) is 0 Å². The van der Waals surface area contributed by atoms with Gasteiger partial charge in [-0.25, -0.2) is 9.59 Å². The van der Waals surface area contributed by atoms with Crippen LogP contribution in [0.2, 0.25) is 0 Å². The molecule has 7 heteroatoms. The van der Waals surface area contributed by atoms with Gasteiger partial charge in [0.2, 0.25) is 12.2 Å². The third kappa shape index (κ3) is 8.86. The Morgan fingerprint density at radius 1 is 0.710 bits per heavy atom. The second-order valence-electron chi connectivity index (χ2n) is 8.22. The summed E-state index contributed by atoms with van der Waals surface area (Å²) in [4.78, 5) is 28.8. The lowest BCUT2D eigenvalue weighted by Crippen LogP contribution is -2.13. The predicted octanol–water partition coefficient (Wildman–Crippen LogP) is 6.16. The molecule has 0 aliphatic carbocycles. The Hall–Kier alpha value is -2.14. The van der Waals surface area contributed by atoms with Gasteiger partial charge in [0, 0.05) is 0 Å². The summed E-state index contributed by atoms with van der Waals surface area (Å²) in [6.45, 7) is 0. The van der Waals surface area contributed by atoms with Gasteiger partial charge in [-0.3, -0.25) is 3.63 Å². The van der Waals surface area contributed by atoms with Crippen LogP contribution in [0.3, 0.4) is 0 Å². The fourth-order valence-corrected chi connectivity index (χ4v) is 9.76. The predicted molar refractivity (Wildman–Crippen MR) is 135 cm³/mol. The molecule has 2 aromatic rings. The van der Waals surface area contributed by atoms with E-state index in [1.807, 2.05) is 48.5 Å². The van der Waals surface area contributed by atoms with Crippen molar-refractivity contribution in [2.24, 2.45) is 9.98 Å². The first-order valence-electron chi connectivity index (χ1n) is 10.2. The molecule has 2 aromatic carbocycles. The lowest BCUT2D eigenvalue weighted by molar-refractivity contribution is 0.564. The maximum atomic E-state index is 10.6. The molecule has 0 aliphatic heterocycles. The van der Waals surface area contributed by atoms with Gasteiger partial charge in [0.05, 0.1) is 11.4 Å². The topological polar surface area (TPSA) is 68.1 Å². The molecular formula is C24H32N2O3S2. The second kappa shape index (κ2) is 12.0. The molecule has 0 saturated heterocycles. The van der Waals surface area contributed by atoms with Gasteiger partial charge in [0.1, 0.15) is 0 Å². The van der Waals surface area contributed by atoms with Crippen LogP contribution in [0.15, 0.2) is 58.5 Å². The van der Waals surface area contributed by atoms with Gasteiger partial charge in [0.25, 0.3) is 0 Å². The Morgan fingerprint density at radius 3 is 1.48 bits per heavy atom. The molecule has 0 radical (unpaired) electrons. The number of isocyanates is 2. The smallest absolute Gasteiger partial charge is 0.240 e. The summed E-state index contributed by atoms with van der Waals surface area (Å²) >= 11 is 0. The van der Waals surface area contributed by atoms with Gasteiger partial charge in [0.15, 0.2) is 0 Å². The highest BCUT2D eigenvalue weighted by atomic mass is 32.3. The fourth-order valence-electron chi connectivity index (χ4n) is 3.55. The Morgan fingerprint density at radius 2 is 1.10 bits per heavy atom. The second-order valence-corrected chi connectivity index (χ2v) is 15.3. The van der Waals surface area contributed by atoms with Gasteiger partial charge in [-0.2, -0.15) is 9.98 Å². The highest BCUT2D eigenvalue weighted by Crippen LogP contribution is 2.58. The summed E-state index contributed by atoms with van der Waals surface area (Å²) in [5.74, 6) is 2.00. The monoisotopic (exact) mass is 460 g/mol. The van der Waals surface area contributed by atoms with Gasteiger partial charge in [-0.05, 0) is 85.5 Å². The zero-order valence-corrected chi connectivity index (χ0v) is 20.4. The van der Waals surface area contributed by atoms with E-state index in [-0.39, 0.29) is 0 Å². The zero-order valence-electron chi connectivity index (χ0n) is 18.8. The third-order valence-electron chi connectivity index (χ3n) is 4.85. The van der Waals surface area contributed by atoms with Crippen LogP contribution in [0, 0.1) is 0 Å². The van der Waals surface area contributed by atoms with Crippen LogP contribution in [-0.2, 0) is 26.1 Å². The Kier molecular flexibility index (Phi) is 9.76. The standard InChI is InChI=1S/C24H32N2O3S2/c1-30(2,17-9-13-21-11-5-7-15-23(21)25-19-27)29-31(3,4)18-10-14-22-12-6-8-16-24(22)26-20-28/h5-8,11-12,15-16H,9-10,13-14,17-18H2,1-4H3. The van der Waals surface area contributed by atoms with Crippen LogP contribution in [0.4, 0.5) is 11.4 Å². The molecule has 0 heterocycles. The number of para-hydroxylation sites is 2. The van der Waals surface area contributed by atoms with Gasteiger partial charge >= 0.3 is 0 Å². The van der Waals surface area contributed by atoms with E-state index >= 15 is 0 Å². The molecule has 0 amide bonds. The average Bonchev–Trinajstić information content (AvgIpc) is 2.70. The van der Waals surface area contributed by atoms with Crippen molar-refractivity contribution in [1.29, 1.82) is 0 Å². The maximum Gasteiger partial charge on any atom is 0.240 e. The van der Waals surface area contributed by atoms with Crippen molar-refractivity contribution >= 4 is 44.2 Å². The van der Waals surface area contributed by atoms with Crippen LogP contribution in [0.5, 0.6) is 0 Å². The molecule has 31 heavy (non-hydrogen) atoms. The quantitative estimate of drug-likeness (QED) is 0.281. The summed E-state index contributed by atoms with van der Waals surface area (Å²) in [7, 11) is -2.37. The van der Waals surface area contributed by atoms with E-state index in [0.29, 0.717) is 11.4 Å². The number of aryl methyl sites for hydroxylation is 2. The first-order valence-corrected chi connectivity index (χ1v) is 15.3. The SMILES string of the molecule is CS(C)(CCCc1ccccc1N=C=O)OS(C)(C)CCCc1ccccc1N=C=O. The fraction of sp³-hybridized carbons (Fsp3) is 0.417. The summed E-state index contributed by atoms with van der Waals surface area (Å²) in [6, 6.07) is 15.4. The normalized spacial score (nSPS) is 12.5. The maximum absolute atomic E-state index is 10.6. The number of hydrogen-bond acceptors (Lipinski definition) is 5. The molecule has 0 bridgehead atoms. The number of nitrogens with zero attached hydrogens (tertiary/aromatic N) is 2. The molecule has 0 unspecified atom stereocenters. The number of aliphatic imine (C=N–C) groups is 2. The van der Waals surface area contributed by atoms with Crippen molar-refractivity contribution in [1.82, 2.24) is 0 Å². The Bertz CT molecular complexity index is 885. The molecular weight excluding hydrogens is 428 g/mol. The molecule has 2 rings (SSSR count). The van der Waals surface area contributed by atoms with E-state index < -0.39 is 20.6 Å². The van der Waals surface area contributed by atoms with Crippen molar-refractivity contribution in [3.8, 4) is 0 Å². The van der Waals surface area contributed by atoms with Gasteiger partial charge in [-0.15, -0.1) is 20.6 Å². The van der Waals surface area contributed by atoms with E-state index in [1.54, 1.807) is 12.2 Å². The largest absolute Gasteiger partial charge is 0.291 e. The average molecular weight is 461 g/mol. The number of carbonyl (C=O) groups excluding carboxylic acids is 2.